The first-order chi connectivity index (χ1) is 8.54. The summed E-state index contributed by atoms with van der Waals surface area (Å²) >= 11 is 0. The predicted octanol–water partition coefficient (Wildman–Crippen LogP) is 1.70. The van der Waals surface area contributed by atoms with Crippen LogP contribution in [0, 0.1) is 0 Å². The third-order valence-electron chi connectivity index (χ3n) is 2.25. The maximum Gasteiger partial charge on any atom is 0.370 e. The number of aliphatic hydroxyl groups is 1. The number of benzene rings is 1. The van der Waals surface area contributed by atoms with Crippen molar-refractivity contribution in [3.05, 3.63) is 23.5 Å². The van der Waals surface area contributed by atoms with Gasteiger partial charge < -0.3 is 24.4 Å². The zero-order valence-electron chi connectivity index (χ0n) is 10.3. The molecule has 1 aromatic rings. The van der Waals surface area contributed by atoms with Gasteiger partial charge in [-0.2, -0.15) is 0 Å². The zero-order chi connectivity index (χ0) is 13.7. The van der Waals surface area contributed by atoms with Crippen LogP contribution in [0.3, 0.4) is 0 Å². The number of carboxylic acids is 1. The van der Waals surface area contributed by atoms with Crippen molar-refractivity contribution >= 4 is 12.0 Å². The van der Waals surface area contributed by atoms with Gasteiger partial charge in [-0.1, -0.05) is 0 Å². The molecule has 0 aliphatic rings. The Kier molecular flexibility index (Phi) is 4.42. The smallest absolute Gasteiger partial charge is 0.370 e. The van der Waals surface area contributed by atoms with Crippen LogP contribution in [-0.2, 0) is 4.79 Å². The number of rotatable bonds is 5. The SMILES string of the molecule is COc1ccc(/C=C(\O)C(=O)O)c(OC)c1OC. The van der Waals surface area contributed by atoms with Crippen LogP contribution >= 0.6 is 0 Å². The lowest BCUT2D eigenvalue weighted by atomic mass is 10.1. The quantitative estimate of drug-likeness (QED) is 0.614. The van der Waals surface area contributed by atoms with Crippen LogP contribution in [0.1, 0.15) is 5.56 Å². The molecular weight excluding hydrogens is 240 g/mol. The number of aliphatic hydroxyl groups excluding tert-OH is 1. The van der Waals surface area contributed by atoms with Gasteiger partial charge in [-0.05, 0) is 18.2 Å². The normalized spacial score (nSPS) is 10.9. The van der Waals surface area contributed by atoms with Crippen molar-refractivity contribution in [3.8, 4) is 17.2 Å². The third-order valence-corrected chi connectivity index (χ3v) is 2.25. The van der Waals surface area contributed by atoms with Crippen molar-refractivity contribution < 1.29 is 29.2 Å². The van der Waals surface area contributed by atoms with Gasteiger partial charge in [0.05, 0.1) is 21.3 Å². The van der Waals surface area contributed by atoms with Gasteiger partial charge in [-0.3, -0.25) is 0 Å². The molecule has 0 radical (unpaired) electrons. The summed E-state index contributed by atoms with van der Waals surface area (Å²) in [4.78, 5) is 10.6. The molecule has 0 amide bonds. The summed E-state index contributed by atoms with van der Waals surface area (Å²) in [5.41, 5.74) is 0.370. The monoisotopic (exact) mass is 254 g/mol. The van der Waals surface area contributed by atoms with E-state index in [2.05, 4.69) is 0 Å². The van der Waals surface area contributed by atoms with Gasteiger partial charge in [0.2, 0.25) is 11.5 Å². The lowest BCUT2D eigenvalue weighted by Gasteiger charge is -2.14. The standard InChI is InChI=1S/C12H14O6/c1-16-9-5-4-7(6-8(13)12(14)15)10(17-2)11(9)18-3/h4-6,13H,1-3H3,(H,14,15)/b8-6-. The summed E-state index contributed by atoms with van der Waals surface area (Å²) in [6.07, 6.45) is 1.07. The second-order valence-electron chi connectivity index (χ2n) is 3.26. The van der Waals surface area contributed by atoms with E-state index in [0.717, 1.165) is 6.08 Å². The molecule has 0 unspecified atom stereocenters. The molecule has 0 atom stereocenters. The Hall–Kier alpha value is -2.37. The minimum absolute atomic E-state index is 0.282. The highest BCUT2D eigenvalue weighted by molar-refractivity contribution is 5.90. The van der Waals surface area contributed by atoms with E-state index in [1.807, 2.05) is 0 Å². The summed E-state index contributed by atoms with van der Waals surface area (Å²) in [6.45, 7) is 0. The van der Waals surface area contributed by atoms with Gasteiger partial charge >= 0.3 is 5.97 Å². The molecule has 0 heterocycles. The Bertz CT molecular complexity index is 478. The van der Waals surface area contributed by atoms with Crippen molar-refractivity contribution in [2.45, 2.75) is 0 Å². The molecule has 0 saturated heterocycles. The Labute approximate surface area is 104 Å². The lowest BCUT2D eigenvalue weighted by molar-refractivity contribution is -0.135. The van der Waals surface area contributed by atoms with E-state index >= 15 is 0 Å². The highest BCUT2D eigenvalue weighted by atomic mass is 16.5. The summed E-state index contributed by atoms with van der Waals surface area (Å²) in [6, 6.07) is 3.14. The number of hydrogen-bond donors (Lipinski definition) is 2. The van der Waals surface area contributed by atoms with Crippen LogP contribution in [0.25, 0.3) is 6.08 Å². The first-order valence-corrected chi connectivity index (χ1v) is 4.98. The number of carbonyl (C=O) groups is 1. The Morgan fingerprint density at radius 3 is 2.11 bits per heavy atom. The second-order valence-corrected chi connectivity index (χ2v) is 3.26. The molecule has 0 bridgehead atoms. The molecule has 2 N–H and O–H groups in total. The Morgan fingerprint density at radius 2 is 1.67 bits per heavy atom. The van der Waals surface area contributed by atoms with E-state index in [1.165, 1.54) is 21.3 Å². The summed E-state index contributed by atoms with van der Waals surface area (Å²) in [7, 11) is 4.32. The number of hydrogen-bond acceptors (Lipinski definition) is 5. The Morgan fingerprint density at radius 1 is 1.06 bits per heavy atom. The lowest BCUT2D eigenvalue weighted by Crippen LogP contribution is -2.00. The molecule has 0 aromatic heterocycles. The molecule has 0 saturated carbocycles. The minimum Gasteiger partial charge on any atom is -0.502 e. The Balaban J connectivity index is 3.38. The number of aliphatic carboxylic acids is 1. The fourth-order valence-corrected chi connectivity index (χ4v) is 1.45. The number of ether oxygens (including phenoxy) is 3. The zero-order valence-corrected chi connectivity index (χ0v) is 10.3. The van der Waals surface area contributed by atoms with Crippen LogP contribution in [0.5, 0.6) is 17.2 Å². The van der Waals surface area contributed by atoms with E-state index in [0.29, 0.717) is 17.1 Å². The van der Waals surface area contributed by atoms with Crippen molar-refractivity contribution in [2.24, 2.45) is 0 Å². The van der Waals surface area contributed by atoms with Crippen LogP contribution < -0.4 is 14.2 Å². The largest absolute Gasteiger partial charge is 0.502 e. The van der Waals surface area contributed by atoms with Gasteiger partial charge in [0, 0.05) is 5.56 Å². The summed E-state index contributed by atoms with van der Waals surface area (Å²) in [5, 5.41) is 17.8. The summed E-state index contributed by atoms with van der Waals surface area (Å²) < 4.78 is 15.4. The first kappa shape index (κ1) is 13.7. The predicted molar refractivity (Wildman–Crippen MR) is 64.3 cm³/mol. The second kappa shape index (κ2) is 5.81. The number of methoxy groups -OCH3 is 3. The van der Waals surface area contributed by atoms with E-state index in [4.69, 9.17) is 19.3 Å². The highest BCUT2D eigenvalue weighted by Gasteiger charge is 2.16. The topological polar surface area (TPSA) is 85.2 Å². The van der Waals surface area contributed by atoms with Crippen molar-refractivity contribution in [2.75, 3.05) is 21.3 Å². The van der Waals surface area contributed by atoms with E-state index in [1.54, 1.807) is 12.1 Å². The average molecular weight is 254 g/mol. The van der Waals surface area contributed by atoms with Crippen molar-refractivity contribution in [1.82, 2.24) is 0 Å². The maximum absolute atomic E-state index is 10.6. The fraction of sp³-hybridized carbons (Fsp3) is 0.250. The molecule has 1 aromatic carbocycles. The fourth-order valence-electron chi connectivity index (χ4n) is 1.45. The summed E-state index contributed by atoms with van der Waals surface area (Å²) in [5.74, 6) is -1.16. The third kappa shape index (κ3) is 2.65. The molecule has 6 heteroatoms. The highest BCUT2D eigenvalue weighted by Crippen LogP contribution is 2.40. The van der Waals surface area contributed by atoms with Crippen LogP contribution in [0.2, 0.25) is 0 Å². The van der Waals surface area contributed by atoms with Crippen LogP contribution in [0.4, 0.5) is 0 Å². The molecule has 98 valence electrons. The van der Waals surface area contributed by atoms with Crippen molar-refractivity contribution in [3.63, 3.8) is 0 Å². The first-order valence-electron chi connectivity index (χ1n) is 4.98. The number of carboxylic acid groups (broad SMARTS) is 1. The van der Waals surface area contributed by atoms with Gasteiger partial charge in [-0.25, -0.2) is 4.79 Å². The van der Waals surface area contributed by atoms with Crippen molar-refractivity contribution in [1.29, 1.82) is 0 Å². The molecular formula is C12H14O6. The molecule has 1 rings (SSSR count). The molecule has 0 spiro atoms. The average Bonchev–Trinajstić information content (AvgIpc) is 2.37. The molecule has 0 fully saturated rings. The van der Waals surface area contributed by atoms with Gasteiger partial charge in [-0.15, -0.1) is 0 Å². The maximum atomic E-state index is 10.6. The molecule has 6 nitrogen and oxygen atoms in total. The van der Waals surface area contributed by atoms with E-state index < -0.39 is 11.7 Å². The minimum atomic E-state index is -1.42. The van der Waals surface area contributed by atoms with Gasteiger partial charge in [0.1, 0.15) is 0 Å². The molecule has 0 aliphatic heterocycles. The molecule has 18 heavy (non-hydrogen) atoms. The van der Waals surface area contributed by atoms with Crippen LogP contribution in [-0.4, -0.2) is 37.5 Å². The van der Waals surface area contributed by atoms with E-state index in [9.17, 15) is 9.90 Å². The van der Waals surface area contributed by atoms with Gasteiger partial charge in [0.15, 0.2) is 11.5 Å². The van der Waals surface area contributed by atoms with Crippen LogP contribution in [0.15, 0.2) is 17.9 Å². The van der Waals surface area contributed by atoms with Gasteiger partial charge in [0.25, 0.3) is 0 Å². The van der Waals surface area contributed by atoms with E-state index in [-0.39, 0.29) is 5.75 Å². The molecule has 0 aliphatic carbocycles.